The van der Waals surface area contributed by atoms with E-state index in [9.17, 15) is 14.1 Å². The van der Waals surface area contributed by atoms with Crippen molar-refractivity contribution in [3.8, 4) is 11.5 Å². The number of phenolic OH excluding ortho intramolecular Hbond substituents is 1. The molecule has 1 aliphatic heterocycles. The summed E-state index contributed by atoms with van der Waals surface area (Å²) < 4.78 is 19.5. The summed E-state index contributed by atoms with van der Waals surface area (Å²) in [6.07, 6.45) is 10.3. The zero-order valence-corrected chi connectivity index (χ0v) is 22.3. The summed E-state index contributed by atoms with van der Waals surface area (Å²) in [6, 6.07) is 10.9. The first kappa shape index (κ1) is 27.1. The summed E-state index contributed by atoms with van der Waals surface area (Å²) in [4.78, 5) is 14.6. The number of unbranched alkanes of at least 4 members (excludes halogenated alkanes) is 2. The first-order valence-corrected chi connectivity index (χ1v) is 14.6. The molecule has 8 heteroatoms. The van der Waals surface area contributed by atoms with Crippen molar-refractivity contribution in [2.75, 3.05) is 23.5 Å². The predicted molar refractivity (Wildman–Crippen MR) is 143 cm³/mol. The standard InChI is InChI=1S/C27H35NO5S2/c1-4-6-13-27(14-7-5-2)18-28(20-8-10-21(29)11-9-20)22-16-24(34-3)23(33-15-12-26(30)31)17-25(22)35(32)19-27/h8-12,15-17,29H,4-7,13-14,18-19H2,1-3H3,(H,30,31)/b15-12+. The van der Waals surface area contributed by atoms with Crippen molar-refractivity contribution in [3.05, 3.63) is 48.7 Å². The average Bonchev–Trinajstić information content (AvgIpc) is 2.96. The molecule has 0 saturated carbocycles. The van der Waals surface area contributed by atoms with Gasteiger partial charge in [0.1, 0.15) is 11.5 Å². The van der Waals surface area contributed by atoms with Crippen molar-refractivity contribution in [1.82, 2.24) is 0 Å². The Kier molecular flexibility index (Phi) is 9.69. The molecule has 190 valence electrons. The van der Waals surface area contributed by atoms with Crippen LogP contribution in [0.25, 0.3) is 0 Å². The van der Waals surface area contributed by atoms with E-state index in [4.69, 9.17) is 9.84 Å². The Morgan fingerprint density at radius 3 is 2.40 bits per heavy atom. The summed E-state index contributed by atoms with van der Waals surface area (Å²) in [5, 5.41) is 18.8. The summed E-state index contributed by atoms with van der Waals surface area (Å²) in [5.74, 6) is 0.165. The molecule has 0 spiro atoms. The quantitative estimate of drug-likeness (QED) is 0.194. The molecule has 2 aromatic rings. The first-order chi connectivity index (χ1) is 16.8. The Morgan fingerprint density at radius 1 is 1.17 bits per heavy atom. The molecule has 6 nitrogen and oxygen atoms in total. The highest BCUT2D eigenvalue weighted by Crippen LogP contribution is 2.46. The molecule has 0 bridgehead atoms. The maximum Gasteiger partial charge on any atom is 0.331 e. The van der Waals surface area contributed by atoms with Crippen molar-refractivity contribution < 1.29 is 24.0 Å². The SMILES string of the molecule is CCCCC1(CCCC)CN(c2ccc(O)cc2)c2cc(SC)c(O/C=C/C(=O)O)cc2S(=O)C1. The molecule has 0 amide bonds. The van der Waals surface area contributed by atoms with Crippen molar-refractivity contribution in [1.29, 1.82) is 0 Å². The number of fused-ring (bicyclic) bond motifs is 1. The number of aliphatic carboxylic acids is 1. The fraction of sp³-hybridized carbons (Fsp3) is 0.444. The Hall–Kier alpha value is -2.45. The Bertz CT molecular complexity index is 1060. The summed E-state index contributed by atoms with van der Waals surface area (Å²) in [7, 11) is -1.26. The zero-order valence-electron chi connectivity index (χ0n) is 20.7. The third kappa shape index (κ3) is 6.82. The third-order valence-electron chi connectivity index (χ3n) is 6.40. The van der Waals surface area contributed by atoms with Crippen LogP contribution in [0.2, 0.25) is 0 Å². The molecule has 0 radical (unpaired) electrons. The molecule has 0 saturated heterocycles. The highest BCUT2D eigenvalue weighted by Gasteiger charge is 2.39. The normalized spacial score (nSPS) is 17.2. The fourth-order valence-corrected chi connectivity index (χ4v) is 6.83. The molecule has 2 N–H and O–H groups in total. The highest BCUT2D eigenvalue weighted by molar-refractivity contribution is 7.98. The van der Waals surface area contributed by atoms with Gasteiger partial charge in [-0.2, -0.15) is 0 Å². The highest BCUT2D eigenvalue weighted by atomic mass is 32.2. The van der Waals surface area contributed by atoms with Gasteiger partial charge in [-0.1, -0.05) is 39.5 Å². The molecular weight excluding hydrogens is 482 g/mol. The Balaban J connectivity index is 2.16. The van der Waals surface area contributed by atoms with Crippen LogP contribution in [-0.4, -0.2) is 38.9 Å². The van der Waals surface area contributed by atoms with Gasteiger partial charge in [-0.15, -0.1) is 11.8 Å². The van der Waals surface area contributed by atoms with Crippen LogP contribution in [-0.2, 0) is 15.6 Å². The van der Waals surface area contributed by atoms with E-state index < -0.39 is 16.8 Å². The van der Waals surface area contributed by atoms with Gasteiger partial charge in [0.15, 0.2) is 0 Å². The van der Waals surface area contributed by atoms with E-state index in [1.54, 1.807) is 18.2 Å². The largest absolute Gasteiger partial charge is 0.508 e. The summed E-state index contributed by atoms with van der Waals surface area (Å²) in [6.45, 7) is 5.11. The van der Waals surface area contributed by atoms with Gasteiger partial charge in [-0.05, 0) is 49.4 Å². The van der Waals surface area contributed by atoms with Gasteiger partial charge in [-0.25, -0.2) is 4.79 Å². The Morgan fingerprint density at radius 2 is 1.83 bits per heavy atom. The topological polar surface area (TPSA) is 87.1 Å². The maximum absolute atomic E-state index is 13.9. The zero-order chi connectivity index (χ0) is 25.4. The smallest absolute Gasteiger partial charge is 0.331 e. The lowest BCUT2D eigenvalue weighted by molar-refractivity contribution is -0.131. The van der Waals surface area contributed by atoms with Crippen molar-refractivity contribution in [2.24, 2.45) is 5.41 Å². The minimum atomic E-state index is -1.26. The van der Waals surface area contributed by atoms with E-state index >= 15 is 0 Å². The molecule has 35 heavy (non-hydrogen) atoms. The van der Waals surface area contributed by atoms with Gasteiger partial charge < -0.3 is 19.8 Å². The van der Waals surface area contributed by atoms with E-state index in [1.165, 1.54) is 11.8 Å². The van der Waals surface area contributed by atoms with Gasteiger partial charge in [-0.3, -0.25) is 4.21 Å². The van der Waals surface area contributed by atoms with Crippen LogP contribution >= 0.6 is 11.8 Å². The van der Waals surface area contributed by atoms with Crippen LogP contribution < -0.4 is 9.64 Å². The lowest BCUT2D eigenvalue weighted by Crippen LogP contribution is -2.37. The summed E-state index contributed by atoms with van der Waals surface area (Å²) >= 11 is 1.49. The first-order valence-electron chi connectivity index (χ1n) is 12.1. The predicted octanol–water partition coefficient (Wildman–Crippen LogP) is 6.72. The number of hydrogen-bond donors (Lipinski definition) is 2. The number of anilines is 2. The molecule has 1 unspecified atom stereocenters. The molecule has 3 rings (SSSR count). The number of carboxylic acid groups (broad SMARTS) is 1. The lowest BCUT2D eigenvalue weighted by atomic mass is 9.79. The number of aromatic hydroxyl groups is 1. The van der Waals surface area contributed by atoms with E-state index in [0.717, 1.165) is 73.7 Å². The van der Waals surface area contributed by atoms with Crippen LogP contribution in [0.1, 0.15) is 52.4 Å². The van der Waals surface area contributed by atoms with Crippen LogP contribution in [0.15, 0.2) is 58.5 Å². The van der Waals surface area contributed by atoms with Crippen LogP contribution in [0.3, 0.4) is 0 Å². The third-order valence-corrected chi connectivity index (χ3v) is 8.85. The molecule has 0 aliphatic carbocycles. The van der Waals surface area contributed by atoms with Crippen molar-refractivity contribution in [3.63, 3.8) is 0 Å². The number of rotatable bonds is 11. The number of ether oxygens (including phenoxy) is 1. The molecule has 0 fully saturated rings. The average molecular weight is 518 g/mol. The molecular formula is C27H35NO5S2. The number of thioether (sulfide) groups is 1. The molecule has 0 aromatic heterocycles. The second-order valence-corrected chi connectivity index (χ2v) is 11.3. The van der Waals surface area contributed by atoms with Gasteiger partial charge in [0, 0.05) is 29.5 Å². The number of benzene rings is 2. The number of carboxylic acids is 1. The number of nitrogens with zero attached hydrogens (tertiary/aromatic N) is 1. The second kappa shape index (κ2) is 12.5. The van der Waals surface area contributed by atoms with Crippen LogP contribution in [0.5, 0.6) is 11.5 Å². The van der Waals surface area contributed by atoms with Crippen LogP contribution in [0.4, 0.5) is 11.4 Å². The molecule has 1 aliphatic rings. The Labute approximate surface area is 214 Å². The maximum atomic E-state index is 13.9. The minimum Gasteiger partial charge on any atom is -0.508 e. The number of hydrogen-bond acceptors (Lipinski definition) is 6. The monoisotopic (exact) mass is 517 g/mol. The number of carbonyl (C=O) groups is 1. The van der Waals surface area contributed by atoms with Gasteiger partial charge in [0.2, 0.25) is 0 Å². The van der Waals surface area contributed by atoms with Gasteiger partial charge in [0.05, 0.1) is 38.6 Å². The van der Waals surface area contributed by atoms with Gasteiger partial charge >= 0.3 is 5.97 Å². The van der Waals surface area contributed by atoms with E-state index in [2.05, 4.69) is 18.7 Å². The van der Waals surface area contributed by atoms with Gasteiger partial charge in [0.25, 0.3) is 0 Å². The molecule has 1 heterocycles. The summed E-state index contributed by atoms with van der Waals surface area (Å²) in [5.41, 5.74) is 1.69. The van der Waals surface area contributed by atoms with E-state index in [0.29, 0.717) is 16.4 Å². The van der Waals surface area contributed by atoms with Crippen molar-refractivity contribution in [2.45, 2.75) is 62.2 Å². The molecule has 1 atom stereocenters. The number of phenols is 1. The van der Waals surface area contributed by atoms with Crippen molar-refractivity contribution >= 4 is 39.9 Å². The molecule has 2 aromatic carbocycles. The second-order valence-electron chi connectivity index (χ2n) is 9.03. The minimum absolute atomic E-state index is 0.114. The fourth-order valence-electron chi connectivity index (χ4n) is 4.56. The van der Waals surface area contributed by atoms with E-state index in [1.807, 2.05) is 24.5 Å². The van der Waals surface area contributed by atoms with Crippen LogP contribution in [0, 0.1) is 5.41 Å². The van der Waals surface area contributed by atoms with E-state index in [-0.39, 0.29) is 11.2 Å². The lowest BCUT2D eigenvalue weighted by Gasteiger charge is -2.37.